The largest absolute Gasteiger partial charge is 0.494 e. The first-order valence-electron chi connectivity index (χ1n) is 9.74. The first-order chi connectivity index (χ1) is 15.0. The number of aryl methyl sites for hydroxylation is 1. The van der Waals surface area contributed by atoms with Gasteiger partial charge in [-0.2, -0.15) is 0 Å². The molecule has 0 bridgehead atoms. The van der Waals surface area contributed by atoms with Gasteiger partial charge in [-0.05, 0) is 49.7 Å². The van der Waals surface area contributed by atoms with Crippen LogP contribution in [0.4, 0.5) is 5.82 Å². The first-order valence-corrected chi connectivity index (χ1v) is 10.1. The first kappa shape index (κ1) is 19.4. The monoisotopic (exact) mass is 436 g/mol. The van der Waals surface area contributed by atoms with Gasteiger partial charge in [-0.1, -0.05) is 28.9 Å². The fourth-order valence-corrected chi connectivity index (χ4v) is 4.08. The van der Waals surface area contributed by atoms with Crippen LogP contribution in [0.2, 0.25) is 5.02 Å². The number of nitrogens with zero attached hydrogens (tertiary/aromatic N) is 2. The zero-order valence-corrected chi connectivity index (χ0v) is 17.5. The van der Waals surface area contributed by atoms with E-state index in [2.05, 4.69) is 5.16 Å². The Kier molecular flexibility index (Phi) is 4.55. The van der Waals surface area contributed by atoms with E-state index in [0.717, 1.165) is 0 Å². The van der Waals surface area contributed by atoms with Gasteiger partial charge in [0.1, 0.15) is 17.1 Å². The van der Waals surface area contributed by atoms with Gasteiger partial charge in [0.15, 0.2) is 11.2 Å². The van der Waals surface area contributed by atoms with Crippen molar-refractivity contribution in [1.82, 2.24) is 5.16 Å². The Morgan fingerprint density at radius 2 is 2.00 bits per heavy atom. The van der Waals surface area contributed by atoms with Crippen LogP contribution in [0, 0.1) is 6.92 Å². The van der Waals surface area contributed by atoms with Crippen molar-refractivity contribution in [3.8, 4) is 5.75 Å². The Bertz CT molecular complexity index is 1390. The second-order valence-electron chi connectivity index (χ2n) is 7.19. The molecular formula is C23H17ClN2O5. The average Bonchev–Trinajstić information content (AvgIpc) is 3.30. The SMILES string of the molecule is CCOc1cccc(C2c3c(oc4ccc(Cl)cc4c3=O)C(=O)N2c2cc(C)on2)c1. The summed E-state index contributed by atoms with van der Waals surface area (Å²) in [5, 5.41) is 4.73. The third kappa shape index (κ3) is 3.09. The maximum Gasteiger partial charge on any atom is 0.296 e. The van der Waals surface area contributed by atoms with Crippen LogP contribution >= 0.6 is 11.6 Å². The average molecular weight is 437 g/mol. The van der Waals surface area contributed by atoms with Crippen LogP contribution in [0.5, 0.6) is 5.75 Å². The Hall–Kier alpha value is -3.58. The number of aromatic nitrogens is 1. The maximum absolute atomic E-state index is 13.5. The highest BCUT2D eigenvalue weighted by Gasteiger charge is 2.45. The van der Waals surface area contributed by atoms with Crippen molar-refractivity contribution in [2.24, 2.45) is 0 Å². The zero-order valence-electron chi connectivity index (χ0n) is 16.7. The number of anilines is 1. The smallest absolute Gasteiger partial charge is 0.296 e. The number of carbonyl (C=O) groups is 1. The van der Waals surface area contributed by atoms with Crippen molar-refractivity contribution in [2.45, 2.75) is 19.9 Å². The molecule has 4 aromatic rings. The van der Waals surface area contributed by atoms with E-state index < -0.39 is 11.9 Å². The second-order valence-corrected chi connectivity index (χ2v) is 7.63. The molecule has 0 radical (unpaired) electrons. The molecule has 1 unspecified atom stereocenters. The molecule has 0 spiro atoms. The van der Waals surface area contributed by atoms with E-state index in [1.54, 1.807) is 37.3 Å². The number of ether oxygens (including phenoxy) is 1. The fourth-order valence-electron chi connectivity index (χ4n) is 3.90. The van der Waals surface area contributed by atoms with Gasteiger partial charge in [0.25, 0.3) is 5.91 Å². The van der Waals surface area contributed by atoms with Gasteiger partial charge in [-0.15, -0.1) is 0 Å². The molecule has 0 saturated heterocycles. The highest BCUT2D eigenvalue weighted by atomic mass is 35.5. The van der Waals surface area contributed by atoms with Gasteiger partial charge in [0.2, 0.25) is 5.76 Å². The summed E-state index contributed by atoms with van der Waals surface area (Å²) in [5.41, 5.74) is 0.893. The lowest BCUT2D eigenvalue weighted by Gasteiger charge is -2.22. The minimum absolute atomic E-state index is 0.0210. The van der Waals surface area contributed by atoms with E-state index in [1.165, 1.54) is 4.90 Å². The van der Waals surface area contributed by atoms with Gasteiger partial charge in [-0.3, -0.25) is 14.5 Å². The number of halogens is 1. The molecular weight excluding hydrogens is 420 g/mol. The Morgan fingerprint density at radius 3 is 2.74 bits per heavy atom. The van der Waals surface area contributed by atoms with Crippen molar-refractivity contribution in [1.29, 1.82) is 0 Å². The quantitative estimate of drug-likeness (QED) is 0.452. The summed E-state index contributed by atoms with van der Waals surface area (Å²) in [6.45, 7) is 4.10. The van der Waals surface area contributed by atoms with Gasteiger partial charge >= 0.3 is 0 Å². The molecule has 3 heterocycles. The number of carbonyl (C=O) groups excluding carboxylic acids is 1. The zero-order chi connectivity index (χ0) is 21.7. The topological polar surface area (TPSA) is 85.8 Å². The molecule has 2 aromatic heterocycles. The normalized spacial score (nSPS) is 15.5. The van der Waals surface area contributed by atoms with Crippen LogP contribution in [0.3, 0.4) is 0 Å². The molecule has 2 aromatic carbocycles. The highest BCUT2D eigenvalue weighted by molar-refractivity contribution is 6.31. The van der Waals surface area contributed by atoms with Gasteiger partial charge < -0.3 is 13.7 Å². The van der Waals surface area contributed by atoms with Crippen molar-refractivity contribution >= 4 is 34.3 Å². The lowest BCUT2D eigenvalue weighted by atomic mass is 9.98. The molecule has 1 atom stereocenters. The summed E-state index contributed by atoms with van der Waals surface area (Å²) in [6, 6.07) is 12.9. The van der Waals surface area contributed by atoms with Crippen molar-refractivity contribution < 1.29 is 18.5 Å². The molecule has 0 N–H and O–H groups in total. The summed E-state index contributed by atoms with van der Waals surface area (Å²) in [4.78, 5) is 28.4. The predicted octanol–water partition coefficient (Wildman–Crippen LogP) is 4.89. The molecule has 1 aliphatic rings. The molecule has 0 saturated carbocycles. The summed E-state index contributed by atoms with van der Waals surface area (Å²) in [5.74, 6) is 0.973. The molecule has 1 aliphatic heterocycles. The minimum atomic E-state index is -0.757. The Labute approximate surface area is 181 Å². The number of benzene rings is 2. The number of hydrogen-bond donors (Lipinski definition) is 0. The van der Waals surface area contributed by atoms with Crippen LogP contribution in [-0.2, 0) is 0 Å². The molecule has 0 fully saturated rings. The lowest BCUT2D eigenvalue weighted by Crippen LogP contribution is -2.29. The van der Waals surface area contributed by atoms with E-state index in [0.29, 0.717) is 45.5 Å². The minimum Gasteiger partial charge on any atom is -0.494 e. The number of amides is 1. The predicted molar refractivity (Wildman–Crippen MR) is 115 cm³/mol. The summed E-state index contributed by atoms with van der Waals surface area (Å²) < 4.78 is 16.7. The maximum atomic E-state index is 13.5. The molecule has 8 heteroatoms. The molecule has 5 rings (SSSR count). The molecule has 31 heavy (non-hydrogen) atoms. The summed E-state index contributed by atoms with van der Waals surface area (Å²) in [7, 11) is 0. The second kappa shape index (κ2) is 7.28. The summed E-state index contributed by atoms with van der Waals surface area (Å²) in [6.07, 6.45) is 0. The third-order valence-corrected chi connectivity index (χ3v) is 5.41. The summed E-state index contributed by atoms with van der Waals surface area (Å²) >= 11 is 6.11. The van der Waals surface area contributed by atoms with Crippen molar-refractivity contribution in [3.05, 3.63) is 86.4 Å². The molecule has 156 valence electrons. The van der Waals surface area contributed by atoms with Crippen LogP contribution in [-0.4, -0.2) is 17.7 Å². The molecule has 7 nitrogen and oxygen atoms in total. The van der Waals surface area contributed by atoms with E-state index in [9.17, 15) is 9.59 Å². The lowest BCUT2D eigenvalue weighted by molar-refractivity contribution is 0.0969. The number of rotatable bonds is 4. The van der Waals surface area contributed by atoms with Gasteiger partial charge in [0.05, 0.1) is 23.6 Å². The molecule has 1 amide bonds. The van der Waals surface area contributed by atoms with Crippen molar-refractivity contribution in [3.63, 3.8) is 0 Å². The highest BCUT2D eigenvalue weighted by Crippen LogP contribution is 2.41. The third-order valence-electron chi connectivity index (χ3n) is 5.18. The van der Waals surface area contributed by atoms with E-state index in [4.69, 9.17) is 25.3 Å². The number of fused-ring (bicyclic) bond motifs is 2. The van der Waals surface area contributed by atoms with Crippen LogP contribution < -0.4 is 15.1 Å². The Morgan fingerprint density at radius 1 is 1.16 bits per heavy atom. The standard InChI is InChI=1S/C23H17ClN2O5/c1-3-29-15-6-4-5-13(10-15)20-19-21(27)16-11-14(24)7-8-17(16)30-22(19)23(28)26(20)18-9-12(2)31-25-18/h4-11,20H,3H2,1-2H3. The van der Waals surface area contributed by atoms with Gasteiger partial charge in [0, 0.05) is 11.1 Å². The van der Waals surface area contributed by atoms with E-state index in [-0.39, 0.29) is 16.8 Å². The van der Waals surface area contributed by atoms with Crippen LogP contribution in [0.1, 0.15) is 40.4 Å². The van der Waals surface area contributed by atoms with E-state index in [1.807, 2.05) is 25.1 Å². The Balaban J connectivity index is 1.80. The van der Waals surface area contributed by atoms with Crippen molar-refractivity contribution in [2.75, 3.05) is 11.5 Å². The fraction of sp³-hybridized carbons (Fsp3) is 0.174. The van der Waals surface area contributed by atoms with Gasteiger partial charge in [-0.25, -0.2) is 0 Å². The van der Waals surface area contributed by atoms with E-state index >= 15 is 0 Å². The van der Waals surface area contributed by atoms with Crippen LogP contribution in [0.25, 0.3) is 11.0 Å². The molecule has 0 aliphatic carbocycles. The number of hydrogen-bond acceptors (Lipinski definition) is 6. The van der Waals surface area contributed by atoms with Crippen LogP contribution in [0.15, 0.2) is 62.3 Å².